The number of ether oxygens (including phenoxy) is 1. The zero-order chi connectivity index (χ0) is 18.9. The molecule has 0 unspecified atom stereocenters. The third-order valence-corrected chi connectivity index (χ3v) is 3.38. The van der Waals surface area contributed by atoms with Crippen molar-refractivity contribution in [3.63, 3.8) is 0 Å². The highest BCUT2D eigenvalue weighted by Crippen LogP contribution is 2.16. The second-order valence-corrected chi connectivity index (χ2v) is 5.45. The van der Waals surface area contributed by atoms with Crippen molar-refractivity contribution < 1.29 is 23.5 Å². The van der Waals surface area contributed by atoms with Crippen LogP contribution < -0.4 is 15.4 Å². The summed E-state index contributed by atoms with van der Waals surface area (Å²) in [4.78, 5) is 35.2. The van der Waals surface area contributed by atoms with Gasteiger partial charge in [-0.3, -0.25) is 14.9 Å². The van der Waals surface area contributed by atoms with Crippen molar-refractivity contribution in [2.45, 2.75) is 13.3 Å². The first kappa shape index (κ1) is 19.1. The predicted molar refractivity (Wildman–Crippen MR) is 93.6 cm³/mol. The predicted octanol–water partition coefficient (Wildman–Crippen LogP) is 2.67. The summed E-state index contributed by atoms with van der Waals surface area (Å²) < 4.78 is 18.2. The maximum atomic E-state index is 12.9. The molecular formula is C19H19FN2O4. The van der Waals surface area contributed by atoms with Crippen LogP contribution in [0.1, 0.15) is 29.3 Å². The lowest BCUT2D eigenvalue weighted by Gasteiger charge is -2.08. The van der Waals surface area contributed by atoms with Gasteiger partial charge in [0.2, 0.25) is 0 Å². The minimum absolute atomic E-state index is 0.248. The van der Waals surface area contributed by atoms with E-state index in [2.05, 4.69) is 10.6 Å². The van der Waals surface area contributed by atoms with Crippen molar-refractivity contribution >= 4 is 17.7 Å². The summed E-state index contributed by atoms with van der Waals surface area (Å²) in [5, 5.41) is 4.65. The number of benzene rings is 2. The minimum atomic E-state index is -0.579. The van der Waals surface area contributed by atoms with E-state index in [1.54, 1.807) is 24.3 Å². The number of rotatable bonds is 7. The quantitative estimate of drug-likeness (QED) is 0.746. The van der Waals surface area contributed by atoms with E-state index < -0.39 is 17.8 Å². The molecule has 2 aromatic carbocycles. The third kappa shape index (κ3) is 5.70. The Balaban J connectivity index is 1.87. The molecule has 2 N–H and O–H groups in total. The maximum absolute atomic E-state index is 12.9. The second-order valence-electron chi connectivity index (χ2n) is 5.45. The standard InChI is InChI=1S/C19H19FN2O4/c1-2-11-21-19(25)22-17(23)12-26-16-9-5-14(6-10-16)18(24)13-3-7-15(20)8-4-13/h3-10H,2,11-12H2,1H3,(H2,21,22,23,25). The molecule has 0 bridgehead atoms. The molecule has 0 aliphatic heterocycles. The molecule has 0 atom stereocenters. The van der Waals surface area contributed by atoms with Gasteiger partial charge in [-0.25, -0.2) is 9.18 Å². The number of nitrogens with one attached hydrogen (secondary N) is 2. The first-order valence-corrected chi connectivity index (χ1v) is 8.10. The fourth-order valence-corrected chi connectivity index (χ4v) is 2.06. The Morgan fingerprint density at radius 2 is 1.54 bits per heavy atom. The fourth-order valence-electron chi connectivity index (χ4n) is 2.06. The van der Waals surface area contributed by atoms with Crippen molar-refractivity contribution in [2.24, 2.45) is 0 Å². The molecule has 0 fully saturated rings. The van der Waals surface area contributed by atoms with Crippen LogP contribution in [0, 0.1) is 5.82 Å². The lowest BCUT2D eigenvalue weighted by atomic mass is 10.0. The monoisotopic (exact) mass is 358 g/mol. The van der Waals surface area contributed by atoms with Gasteiger partial charge in [0.15, 0.2) is 12.4 Å². The van der Waals surface area contributed by atoms with Crippen molar-refractivity contribution in [3.05, 3.63) is 65.5 Å². The smallest absolute Gasteiger partial charge is 0.321 e. The number of imide groups is 1. The number of hydrogen-bond donors (Lipinski definition) is 2. The van der Waals surface area contributed by atoms with E-state index in [4.69, 9.17) is 4.74 Å². The summed E-state index contributed by atoms with van der Waals surface area (Å²) in [6.45, 7) is 2.05. The van der Waals surface area contributed by atoms with Crippen LogP contribution in [0.5, 0.6) is 5.75 Å². The van der Waals surface area contributed by atoms with Crippen LogP contribution in [0.15, 0.2) is 48.5 Å². The largest absolute Gasteiger partial charge is 0.484 e. The molecule has 0 saturated carbocycles. The van der Waals surface area contributed by atoms with E-state index in [1.165, 1.54) is 24.3 Å². The van der Waals surface area contributed by atoms with E-state index in [9.17, 15) is 18.8 Å². The number of urea groups is 1. The molecule has 2 rings (SSSR count). The average Bonchev–Trinajstić information content (AvgIpc) is 2.65. The Morgan fingerprint density at radius 1 is 0.962 bits per heavy atom. The van der Waals surface area contributed by atoms with Gasteiger partial charge in [0.1, 0.15) is 11.6 Å². The fraction of sp³-hybridized carbons (Fsp3) is 0.211. The number of carbonyl (C=O) groups is 3. The zero-order valence-electron chi connectivity index (χ0n) is 14.3. The van der Waals surface area contributed by atoms with E-state index >= 15 is 0 Å². The Hall–Kier alpha value is -3.22. The van der Waals surface area contributed by atoms with E-state index in [-0.39, 0.29) is 12.4 Å². The van der Waals surface area contributed by atoms with Crippen LogP contribution in [0.2, 0.25) is 0 Å². The SMILES string of the molecule is CCCNC(=O)NC(=O)COc1ccc(C(=O)c2ccc(F)cc2)cc1. The number of amides is 3. The zero-order valence-corrected chi connectivity index (χ0v) is 14.3. The van der Waals surface area contributed by atoms with Crippen LogP contribution in [0.4, 0.5) is 9.18 Å². The second kappa shape index (κ2) is 9.31. The molecule has 0 aliphatic rings. The topological polar surface area (TPSA) is 84.5 Å². The first-order chi connectivity index (χ1) is 12.5. The highest BCUT2D eigenvalue weighted by atomic mass is 19.1. The van der Waals surface area contributed by atoms with Gasteiger partial charge in [0, 0.05) is 17.7 Å². The van der Waals surface area contributed by atoms with Gasteiger partial charge in [-0.1, -0.05) is 6.92 Å². The Morgan fingerprint density at radius 3 is 2.12 bits per heavy atom. The Labute approximate surface area is 150 Å². The molecule has 0 radical (unpaired) electrons. The van der Waals surface area contributed by atoms with E-state index in [0.29, 0.717) is 23.4 Å². The van der Waals surface area contributed by atoms with Crippen LogP contribution >= 0.6 is 0 Å². The highest BCUT2D eigenvalue weighted by molar-refractivity contribution is 6.09. The van der Waals surface area contributed by atoms with Crippen LogP contribution in [-0.4, -0.2) is 30.9 Å². The highest BCUT2D eigenvalue weighted by Gasteiger charge is 2.10. The molecule has 0 spiro atoms. The van der Waals surface area contributed by atoms with Gasteiger partial charge in [-0.2, -0.15) is 0 Å². The molecule has 0 aliphatic carbocycles. The van der Waals surface area contributed by atoms with Gasteiger partial charge in [-0.15, -0.1) is 0 Å². The minimum Gasteiger partial charge on any atom is -0.484 e. The van der Waals surface area contributed by atoms with Gasteiger partial charge < -0.3 is 10.1 Å². The summed E-state index contributed by atoms with van der Waals surface area (Å²) in [5.74, 6) is -0.858. The number of hydrogen-bond acceptors (Lipinski definition) is 4. The third-order valence-electron chi connectivity index (χ3n) is 3.38. The lowest BCUT2D eigenvalue weighted by Crippen LogP contribution is -2.41. The number of carbonyl (C=O) groups excluding carboxylic acids is 3. The molecule has 26 heavy (non-hydrogen) atoms. The molecule has 3 amide bonds. The van der Waals surface area contributed by atoms with Crippen LogP contribution in [0.25, 0.3) is 0 Å². The maximum Gasteiger partial charge on any atom is 0.321 e. The molecule has 0 aromatic heterocycles. The summed E-state index contributed by atoms with van der Waals surface area (Å²) in [6.07, 6.45) is 0.765. The molecule has 7 heteroatoms. The molecular weight excluding hydrogens is 339 g/mol. The van der Waals surface area contributed by atoms with Crippen molar-refractivity contribution in [3.8, 4) is 5.75 Å². The summed E-state index contributed by atoms with van der Waals surface area (Å²) in [5.41, 5.74) is 0.782. The molecule has 136 valence electrons. The number of halogens is 1. The summed E-state index contributed by atoms with van der Waals surface area (Å²) >= 11 is 0. The van der Waals surface area contributed by atoms with E-state index in [0.717, 1.165) is 6.42 Å². The van der Waals surface area contributed by atoms with Gasteiger partial charge >= 0.3 is 6.03 Å². The Bertz CT molecular complexity index is 773. The summed E-state index contributed by atoms with van der Waals surface area (Å²) in [7, 11) is 0. The normalized spacial score (nSPS) is 10.1. The van der Waals surface area contributed by atoms with Gasteiger partial charge in [0.25, 0.3) is 5.91 Å². The van der Waals surface area contributed by atoms with E-state index in [1.807, 2.05) is 6.92 Å². The molecule has 6 nitrogen and oxygen atoms in total. The van der Waals surface area contributed by atoms with Crippen LogP contribution in [-0.2, 0) is 4.79 Å². The molecule has 0 saturated heterocycles. The van der Waals surface area contributed by atoms with Crippen molar-refractivity contribution in [1.29, 1.82) is 0 Å². The van der Waals surface area contributed by atoms with Gasteiger partial charge in [0.05, 0.1) is 0 Å². The lowest BCUT2D eigenvalue weighted by molar-refractivity contribution is -0.122. The first-order valence-electron chi connectivity index (χ1n) is 8.10. The number of ketones is 1. The van der Waals surface area contributed by atoms with Crippen molar-refractivity contribution in [1.82, 2.24) is 10.6 Å². The Kier molecular flexibility index (Phi) is 6.84. The average molecular weight is 358 g/mol. The summed E-state index contributed by atoms with van der Waals surface area (Å²) in [6, 6.07) is 10.9. The van der Waals surface area contributed by atoms with Gasteiger partial charge in [-0.05, 0) is 55.0 Å². The molecule has 2 aromatic rings. The molecule has 0 heterocycles. The van der Waals surface area contributed by atoms with Crippen LogP contribution in [0.3, 0.4) is 0 Å². The van der Waals surface area contributed by atoms with Crippen molar-refractivity contribution in [2.75, 3.05) is 13.2 Å².